The molecule has 0 aromatic carbocycles. The standard InChI is InChI=1S/C13H26N2O4S/c1-3-9-15(10-4-2)20(18,19)14-11-13(12(16)17)7-5-6-8-13/h14H,3-11H2,1-2H3,(H,16,17). The van der Waals surface area contributed by atoms with E-state index < -0.39 is 21.6 Å². The first kappa shape index (κ1) is 17.4. The molecule has 20 heavy (non-hydrogen) atoms. The molecule has 0 spiro atoms. The Hall–Kier alpha value is -0.660. The van der Waals surface area contributed by atoms with Crippen LogP contribution in [-0.4, -0.2) is 43.4 Å². The lowest BCUT2D eigenvalue weighted by atomic mass is 9.87. The Balaban J connectivity index is 2.72. The van der Waals surface area contributed by atoms with E-state index >= 15 is 0 Å². The van der Waals surface area contributed by atoms with Gasteiger partial charge in [0.25, 0.3) is 10.2 Å². The monoisotopic (exact) mass is 306 g/mol. The van der Waals surface area contributed by atoms with Crippen molar-refractivity contribution in [2.24, 2.45) is 5.41 Å². The number of hydrogen-bond acceptors (Lipinski definition) is 3. The van der Waals surface area contributed by atoms with E-state index in [4.69, 9.17) is 0 Å². The lowest BCUT2D eigenvalue weighted by Crippen LogP contribution is -2.47. The summed E-state index contributed by atoms with van der Waals surface area (Å²) in [7, 11) is -3.59. The minimum atomic E-state index is -3.59. The lowest BCUT2D eigenvalue weighted by Gasteiger charge is -2.27. The van der Waals surface area contributed by atoms with Crippen molar-refractivity contribution in [1.29, 1.82) is 0 Å². The maximum atomic E-state index is 12.3. The summed E-state index contributed by atoms with van der Waals surface area (Å²) < 4.78 is 28.4. The predicted octanol–water partition coefficient (Wildman–Crippen LogP) is 1.59. The SMILES string of the molecule is CCCN(CCC)S(=O)(=O)NCC1(C(=O)O)CCCC1. The highest BCUT2D eigenvalue weighted by Gasteiger charge is 2.42. The molecular formula is C13H26N2O4S. The van der Waals surface area contributed by atoms with Crippen LogP contribution in [0.25, 0.3) is 0 Å². The van der Waals surface area contributed by atoms with Gasteiger partial charge in [0.15, 0.2) is 0 Å². The molecule has 1 rings (SSSR count). The average Bonchev–Trinajstić information content (AvgIpc) is 2.86. The third-order valence-electron chi connectivity index (χ3n) is 3.89. The predicted molar refractivity (Wildman–Crippen MR) is 77.6 cm³/mol. The minimum Gasteiger partial charge on any atom is -0.481 e. The maximum absolute atomic E-state index is 12.3. The van der Waals surface area contributed by atoms with Gasteiger partial charge in [-0.15, -0.1) is 0 Å². The summed E-state index contributed by atoms with van der Waals surface area (Å²) in [6.45, 7) is 4.77. The van der Waals surface area contributed by atoms with E-state index in [0.29, 0.717) is 25.9 Å². The second-order valence-corrected chi connectivity index (χ2v) is 7.27. The van der Waals surface area contributed by atoms with Crippen LogP contribution in [0, 0.1) is 5.41 Å². The molecule has 1 aliphatic carbocycles. The molecule has 2 N–H and O–H groups in total. The summed E-state index contributed by atoms with van der Waals surface area (Å²) in [5, 5.41) is 9.36. The fraction of sp³-hybridized carbons (Fsp3) is 0.923. The van der Waals surface area contributed by atoms with Crippen LogP contribution in [0.5, 0.6) is 0 Å². The van der Waals surface area contributed by atoms with Crippen molar-refractivity contribution >= 4 is 16.2 Å². The summed E-state index contributed by atoms with van der Waals surface area (Å²) in [5.41, 5.74) is -0.919. The molecule has 0 amide bonds. The fourth-order valence-corrected chi connectivity index (χ4v) is 4.18. The van der Waals surface area contributed by atoms with Crippen molar-refractivity contribution in [2.45, 2.75) is 52.4 Å². The highest BCUT2D eigenvalue weighted by Crippen LogP contribution is 2.37. The number of carbonyl (C=O) groups is 1. The Morgan fingerprint density at radius 1 is 1.20 bits per heavy atom. The molecule has 0 unspecified atom stereocenters. The maximum Gasteiger partial charge on any atom is 0.310 e. The molecule has 0 atom stereocenters. The van der Waals surface area contributed by atoms with Crippen molar-refractivity contribution in [1.82, 2.24) is 9.03 Å². The molecule has 0 heterocycles. The molecule has 6 nitrogen and oxygen atoms in total. The summed E-state index contributed by atoms with van der Waals surface area (Å²) >= 11 is 0. The smallest absolute Gasteiger partial charge is 0.310 e. The zero-order chi connectivity index (χ0) is 15.2. The summed E-state index contributed by atoms with van der Waals surface area (Å²) in [4.78, 5) is 11.4. The highest BCUT2D eigenvalue weighted by molar-refractivity contribution is 7.87. The van der Waals surface area contributed by atoms with Crippen molar-refractivity contribution in [3.63, 3.8) is 0 Å². The number of carboxylic acids is 1. The van der Waals surface area contributed by atoms with Crippen LogP contribution in [0.1, 0.15) is 52.4 Å². The molecule has 1 aliphatic rings. The van der Waals surface area contributed by atoms with E-state index in [1.165, 1.54) is 4.31 Å². The Bertz CT molecular complexity index is 410. The first-order valence-corrected chi connectivity index (χ1v) is 8.80. The van der Waals surface area contributed by atoms with Gasteiger partial charge in [-0.1, -0.05) is 26.7 Å². The number of nitrogens with zero attached hydrogens (tertiary/aromatic N) is 1. The number of rotatable bonds is 9. The number of carboxylic acid groups (broad SMARTS) is 1. The van der Waals surface area contributed by atoms with E-state index in [9.17, 15) is 18.3 Å². The van der Waals surface area contributed by atoms with Gasteiger partial charge in [-0.2, -0.15) is 12.7 Å². The topological polar surface area (TPSA) is 86.7 Å². The zero-order valence-electron chi connectivity index (χ0n) is 12.4. The summed E-state index contributed by atoms with van der Waals surface area (Å²) in [6, 6.07) is 0. The van der Waals surface area contributed by atoms with Gasteiger partial charge < -0.3 is 5.11 Å². The number of nitrogens with one attached hydrogen (secondary N) is 1. The molecule has 0 radical (unpaired) electrons. The third kappa shape index (κ3) is 4.17. The van der Waals surface area contributed by atoms with Gasteiger partial charge >= 0.3 is 5.97 Å². The molecule has 0 bridgehead atoms. The first-order valence-electron chi connectivity index (χ1n) is 7.36. The van der Waals surface area contributed by atoms with Gasteiger partial charge in [-0.05, 0) is 25.7 Å². The average molecular weight is 306 g/mol. The van der Waals surface area contributed by atoms with Crippen molar-refractivity contribution < 1.29 is 18.3 Å². The van der Waals surface area contributed by atoms with Gasteiger partial charge in [0, 0.05) is 19.6 Å². The van der Waals surface area contributed by atoms with Crippen LogP contribution >= 0.6 is 0 Å². The van der Waals surface area contributed by atoms with Crippen molar-refractivity contribution in [3.05, 3.63) is 0 Å². The minimum absolute atomic E-state index is 0.00536. The van der Waals surface area contributed by atoms with E-state index in [1.54, 1.807) is 0 Å². The van der Waals surface area contributed by atoms with E-state index in [2.05, 4.69) is 4.72 Å². The molecule has 0 aromatic rings. The van der Waals surface area contributed by atoms with E-state index in [1.807, 2.05) is 13.8 Å². The van der Waals surface area contributed by atoms with Crippen LogP contribution in [-0.2, 0) is 15.0 Å². The van der Waals surface area contributed by atoms with Gasteiger partial charge in [0.2, 0.25) is 0 Å². The fourth-order valence-electron chi connectivity index (χ4n) is 2.69. The van der Waals surface area contributed by atoms with Gasteiger partial charge in [0.05, 0.1) is 5.41 Å². The normalized spacial score (nSPS) is 18.6. The molecule has 1 fully saturated rings. The Morgan fingerprint density at radius 3 is 2.10 bits per heavy atom. The molecule has 7 heteroatoms. The quantitative estimate of drug-likeness (QED) is 0.677. The van der Waals surface area contributed by atoms with Gasteiger partial charge in [-0.25, -0.2) is 4.72 Å². The molecular weight excluding hydrogens is 280 g/mol. The summed E-state index contributed by atoms with van der Waals surface area (Å²) in [5.74, 6) is -0.893. The first-order chi connectivity index (χ1) is 9.38. The van der Waals surface area contributed by atoms with E-state index in [-0.39, 0.29) is 6.54 Å². The largest absolute Gasteiger partial charge is 0.481 e. The van der Waals surface area contributed by atoms with Crippen molar-refractivity contribution in [3.8, 4) is 0 Å². The van der Waals surface area contributed by atoms with E-state index in [0.717, 1.165) is 25.7 Å². The molecule has 118 valence electrons. The number of hydrogen-bond donors (Lipinski definition) is 2. The second-order valence-electron chi connectivity index (χ2n) is 5.52. The lowest BCUT2D eigenvalue weighted by molar-refractivity contribution is -0.148. The van der Waals surface area contributed by atoms with Crippen LogP contribution in [0.3, 0.4) is 0 Å². The van der Waals surface area contributed by atoms with Crippen molar-refractivity contribution in [2.75, 3.05) is 19.6 Å². The van der Waals surface area contributed by atoms with Gasteiger partial charge in [-0.3, -0.25) is 4.79 Å². The molecule has 0 aromatic heterocycles. The Labute approximate surface area is 121 Å². The summed E-state index contributed by atoms with van der Waals surface area (Å²) in [6.07, 6.45) is 4.28. The molecule has 0 saturated heterocycles. The molecule has 1 saturated carbocycles. The van der Waals surface area contributed by atoms with Crippen LogP contribution in [0.15, 0.2) is 0 Å². The van der Waals surface area contributed by atoms with Crippen LogP contribution in [0.2, 0.25) is 0 Å². The number of aliphatic carboxylic acids is 1. The zero-order valence-corrected chi connectivity index (χ0v) is 13.2. The van der Waals surface area contributed by atoms with Crippen LogP contribution in [0.4, 0.5) is 0 Å². The second kappa shape index (κ2) is 7.38. The highest BCUT2D eigenvalue weighted by atomic mass is 32.2. The molecule has 0 aliphatic heterocycles. The Kier molecular flexibility index (Phi) is 6.42. The van der Waals surface area contributed by atoms with Crippen LogP contribution < -0.4 is 4.72 Å². The van der Waals surface area contributed by atoms with Gasteiger partial charge in [0.1, 0.15) is 0 Å². The Morgan fingerprint density at radius 2 is 1.70 bits per heavy atom. The third-order valence-corrected chi connectivity index (χ3v) is 5.45.